The van der Waals surface area contributed by atoms with Crippen LogP contribution in [0.15, 0.2) is 46.9 Å². The Morgan fingerprint density at radius 3 is 2.57 bits per heavy atom. The van der Waals surface area contributed by atoms with E-state index in [0.29, 0.717) is 34.1 Å². The summed E-state index contributed by atoms with van der Waals surface area (Å²) in [6.07, 6.45) is 0. The molecule has 0 fully saturated rings. The average molecular weight is 463 g/mol. The van der Waals surface area contributed by atoms with E-state index < -0.39 is 0 Å². The molecule has 0 atom stereocenters. The molecule has 3 aromatic rings. The first-order chi connectivity index (χ1) is 13.3. The van der Waals surface area contributed by atoms with Gasteiger partial charge in [0.1, 0.15) is 5.82 Å². The Bertz CT molecular complexity index is 1030. The second kappa shape index (κ2) is 8.57. The third kappa shape index (κ3) is 4.05. The number of hydrogen-bond donors (Lipinski definition) is 1. The SMILES string of the molecule is Cc1nc(CN(C)C)n(-c2ccc(Br)cc2C(=O)c2ccccc2Cl)c1CO. The minimum atomic E-state index is -0.187. The highest BCUT2D eigenvalue weighted by Crippen LogP contribution is 2.29. The van der Waals surface area contributed by atoms with Gasteiger partial charge in [-0.15, -0.1) is 0 Å². The van der Waals surface area contributed by atoms with Crippen LogP contribution in [0.3, 0.4) is 0 Å². The van der Waals surface area contributed by atoms with Crippen LogP contribution < -0.4 is 0 Å². The Kier molecular flexibility index (Phi) is 6.35. The molecule has 0 bridgehead atoms. The standard InChI is InChI=1S/C21H21BrClN3O2/c1-13-19(12-27)26(20(24-13)11-25(2)3)18-9-8-14(22)10-16(18)21(28)15-6-4-5-7-17(15)23/h4-10,27H,11-12H2,1-3H3. The predicted molar refractivity (Wildman–Crippen MR) is 114 cm³/mol. The van der Waals surface area contributed by atoms with Crippen LogP contribution in [-0.2, 0) is 13.2 Å². The van der Waals surface area contributed by atoms with Crippen LogP contribution >= 0.6 is 27.5 Å². The lowest BCUT2D eigenvalue weighted by Crippen LogP contribution is -2.18. The van der Waals surface area contributed by atoms with Gasteiger partial charge in [0.05, 0.1) is 35.2 Å². The molecule has 7 heteroatoms. The highest BCUT2D eigenvalue weighted by Gasteiger charge is 2.23. The summed E-state index contributed by atoms with van der Waals surface area (Å²) in [7, 11) is 3.90. The highest BCUT2D eigenvalue weighted by molar-refractivity contribution is 9.10. The summed E-state index contributed by atoms with van der Waals surface area (Å²) in [6.45, 7) is 2.24. The molecule has 0 aliphatic heterocycles. The molecule has 5 nitrogen and oxygen atoms in total. The van der Waals surface area contributed by atoms with E-state index in [4.69, 9.17) is 11.6 Å². The maximum absolute atomic E-state index is 13.3. The smallest absolute Gasteiger partial charge is 0.196 e. The molecular formula is C21H21BrClN3O2. The molecule has 0 aliphatic carbocycles. The number of nitrogens with zero attached hydrogens (tertiary/aromatic N) is 3. The topological polar surface area (TPSA) is 58.4 Å². The summed E-state index contributed by atoms with van der Waals surface area (Å²) in [6, 6.07) is 12.5. The lowest BCUT2D eigenvalue weighted by Gasteiger charge is -2.18. The number of halogens is 2. The van der Waals surface area contributed by atoms with Crippen molar-refractivity contribution in [3.8, 4) is 5.69 Å². The van der Waals surface area contributed by atoms with Crippen LogP contribution in [0.2, 0.25) is 5.02 Å². The summed E-state index contributed by atoms with van der Waals surface area (Å²) in [5, 5.41) is 10.4. The van der Waals surface area contributed by atoms with Gasteiger partial charge in [-0.05, 0) is 51.4 Å². The van der Waals surface area contributed by atoms with Crippen molar-refractivity contribution in [2.45, 2.75) is 20.1 Å². The third-order valence-corrected chi connectivity index (χ3v) is 5.24. The number of carbonyl (C=O) groups is 1. The van der Waals surface area contributed by atoms with Gasteiger partial charge >= 0.3 is 0 Å². The maximum Gasteiger partial charge on any atom is 0.196 e. The predicted octanol–water partition coefficient (Wildman–Crippen LogP) is 4.38. The third-order valence-electron chi connectivity index (χ3n) is 4.41. The van der Waals surface area contributed by atoms with Crippen LogP contribution in [0.5, 0.6) is 0 Å². The second-order valence-corrected chi connectivity index (χ2v) is 8.08. The number of hydrogen-bond acceptors (Lipinski definition) is 4. The summed E-state index contributed by atoms with van der Waals surface area (Å²) < 4.78 is 2.65. The van der Waals surface area contributed by atoms with Crippen LogP contribution in [-0.4, -0.2) is 39.4 Å². The first kappa shape index (κ1) is 20.7. The number of aliphatic hydroxyl groups is 1. The maximum atomic E-state index is 13.3. The molecule has 0 saturated heterocycles. The lowest BCUT2D eigenvalue weighted by atomic mass is 10.0. The van der Waals surface area contributed by atoms with E-state index in [0.717, 1.165) is 16.0 Å². The molecule has 28 heavy (non-hydrogen) atoms. The molecule has 0 radical (unpaired) electrons. The molecule has 2 aromatic carbocycles. The number of rotatable bonds is 6. The van der Waals surface area contributed by atoms with E-state index >= 15 is 0 Å². The van der Waals surface area contributed by atoms with Crippen molar-refractivity contribution in [3.05, 3.63) is 80.3 Å². The van der Waals surface area contributed by atoms with E-state index in [1.54, 1.807) is 30.3 Å². The number of aromatic nitrogens is 2. The van der Waals surface area contributed by atoms with Gasteiger partial charge in [0.2, 0.25) is 0 Å². The summed E-state index contributed by atoms with van der Waals surface area (Å²) in [5.74, 6) is 0.565. The van der Waals surface area contributed by atoms with E-state index in [1.165, 1.54) is 0 Å². The Morgan fingerprint density at radius 2 is 1.93 bits per heavy atom. The highest BCUT2D eigenvalue weighted by atomic mass is 79.9. The Balaban J connectivity index is 2.25. The van der Waals surface area contributed by atoms with E-state index in [9.17, 15) is 9.90 Å². The first-order valence-corrected chi connectivity index (χ1v) is 9.92. The van der Waals surface area contributed by atoms with Crippen LogP contribution in [0.1, 0.15) is 33.1 Å². The van der Waals surface area contributed by atoms with E-state index in [2.05, 4.69) is 20.9 Å². The molecule has 0 aliphatic rings. The molecule has 146 valence electrons. The van der Waals surface area contributed by atoms with Gasteiger partial charge in [-0.25, -0.2) is 4.98 Å². The Morgan fingerprint density at radius 1 is 1.21 bits per heavy atom. The van der Waals surface area contributed by atoms with Crippen LogP contribution in [0.25, 0.3) is 5.69 Å². The first-order valence-electron chi connectivity index (χ1n) is 8.75. The quantitative estimate of drug-likeness (QED) is 0.552. The van der Waals surface area contributed by atoms with Gasteiger partial charge in [0.15, 0.2) is 5.78 Å². The van der Waals surface area contributed by atoms with Crippen molar-refractivity contribution in [2.24, 2.45) is 0 Å². The van der Waals surface area contributed by atoms with Crippen molar-refractivity contribution in [1.82, 2.24) is 14.5 Å². The summed E-state index contributed by atoms with van der Waals surface area (Å²) in [5.41, 5.74) is 2.97. The number of benzene rings is 2. The minimum absolute atomic E-state index is 0.179. The molecule has 1 heterocycles. The van der Waals surface area contributed by atoms with Crippen molar-refractivity contribution < 1.29 is 9.90 Å². The zero-order valence-corrected chi connectivity index (χ0v) is 18.3. The van der Waals surface area contributed by atoms with Crippen molar-refractivity contribution in [2.75, 3.05) is 14.1 Å². The van der Waals surface area contributed by atoms with Crippen molar-refractivity contribution >= 4 is 33.3 Å². The number of aliphatic hydroxyl groups excluding tert-OH is 1. The molecule has 0 saturated carbocycles. The average Bonchev–Trinajstić information content (AvgIpc) is 2.95. The molecule has 1 N–H and O–H groups in total. The lowest BCUT2D eigenvalue weighted by molar-refractivity contribution is 0.103. The van der Waals surface area contributed by atoms with Gasteiger partial charge in [-0.2, -0.15) is 0 Å². The van der Waals surface area contributed by atoms with Gasteiger partial charge in [-0.3, -0.25) is 9.36 Å². The fourth-order valence-electron chi connectivity index (χ4n) is 3.16. The number of ketones is 1. The van der Waals surface area contributed by atoms with E-state index in [-0.39, 0.29) is 12.4 Å². The molecule has 0 amide bonds. The van der Waals surface area contributed by atoms with Crippen molar-refractivity contribution in [1.29, 1.82) is 0 Å². The molecule has 0 unspecified atom stereocenters. The zero-order chi connectivity index (χ0) is 20.4. The normalized spacial score (nSPS) is 11.2. The van der Waals surface area contributed by atoms with Crippen LogP contribution in [0.4, 0.5) is 0 Å². The fourth-order valence-corrected chi connectivity index (χ4v) is 3.74. The molecule has 0 spiro atoms. The minimum Gasteiger partial charge on any atom is -0.390 e. The molecule has 3 rings (SSSR count). The monoisotopic (exact) mass is 461 g/mol. The Hall–Kier alpha value is -1.99. The van der Waals surface area contributed by atoms with Gasteiger partial charge < -0.3 is 10.0 Å². The summed E-state index contributed by atoms with van der Waals surface area (Å²) in [4.78, 5) is 20.0. The second-order valence-electron chi connectivity index (χ2n) is 6.76. The number of imidazole rings is 1. The van der Waals surface area contributed by atoms with Crippen LogP contribution in [0, 0.1) is 6.92 Å². The molecule has 1 aromatic heterocycles. The Labute approximate surface area is 177 Å². The fraction of sp³-hybridized carbons (Fsp3) is 0.238. The van der Waals surface area contributed by atoms with E-state index in [1.807, 2.05) is 42.6 Å². The zero-order valence-electron chi connectivity index (χ0n) is 15.9. The largest absolute Gasteiger partial charge is 0.390 e. The number of carbonyl (C=O) groups excluding carboxylic acids is 1. The van der Waals surface area contributed by atoms with Crippen molar-refractivity contribution in [3.63, 3.8) is 0 Å². The van der Waals surface area contributed by atoms with Gasteiger partial charge in [-0.1, -0.05) is 39.7 Å². The number of aryl methyl sites for hydroxylation is 1. The summed E-state index contributed by atoms with van der Waals surface area (Å²) >= 11 is 9.73. The van der Waals surface area contributed by atoms with Gasteiger partial charge in [0.25, 0.3) is 0 Å². The molecular weight excluding hydrogens is 442 g/mol. The van der Waals surface area contributed by atoms with Gasteiger partial charge in [0, 0.05) is 15.6 Å².